The quantitative estimate of drug-likeness (QED) is 0.455. The van der Waals surface area contributed by atoms with Gasteiger partial charge in [0.2, 0.25) is 0 Å². The molecule has 1 aliphatic carbocycles. The molecule has 0 heterocycles. The lowest BCUT2D eigenvalue weighted by molar-refractivity contribution is -0.104. The highest BCUT2D eigenvalue weighted by Crippen LogP contribution is 2.29. The van der Waals surface area contributed by atoms with E-state index in [9.17, 15) is 4.79 Å². The topological polar surface area (TPSA) is 17.1 Å². The molecule has 0 bridgehead atoms. The Bertz CT molecular complexity index is 173. The van der Waals surface area contributed by atoms with Crippen LogP contribution in [-0.2, 0) is 4.79 Å². The van der Waals surface area contributed by atoms with E-state index in [0.29, 0.717) is 5.92 Å². The number of carbonyl (C=O) groups is 1. The van der Waals surface area contributed by atoms with E-state index in [1.54, 1.807) is 0 Å². The first kappa shape index (κ1) is 9.50. The molecular formula is C11H18O. The third-order valence-electron chi connectivity index (χ3n) is 2.75. The summed E-state index contributed by atoms with van der Waals surface area (Å²) in [6.07, 6.45) is 8.29. The van der Waals surface area contributed by atoms with Crippen molar-refractivity contribution < 1.29 is 4.79 Å². The fourth-order valence-corrected chi connectivity index (χ4v) is 1.86. The van der Waals surface area contributed by atoms with E-state index in [-0.39, 0.29) is 0 Å². The molecule has 0 saturated heterocycles. The molecule has 0 spiro atoms. The van der Waals surface area contributed by atoms with Crippen molar-refractivity contribution in [2.24, 2.45) is 11.8 Å². The third-order valence-corrected chi connectivity index (χ3v) is 2.75. The Balaban J connectivity index is 2.40. The normalized spacial score (nSPS) is 31.7. The van der Waals surface area contributed by atoms with E-state index in [0.717, 1.165) is 17.8 Å². The number of hydrogen-bond donors (Lipinski definition) is 0. The van der Waals surface area contributed by atoms with Crippen molar-refractivity contribution in [1.82, 2.24) is 0 Å². The summed E-state index contributed by atoms with van der Waals surface area (Å²) in [4.78, 5) is 10.4. The standard InChI is InChI=1S/C11H18O/c1-9-3-5-11(6-4-9)7-10(2)8-12/h7-9,11H,3-6H2,1-2H3/b10-7-. The van der Waals surface area contributed by atoms with Gasteiger partial charge in [-0.15, -0.1) is 0 Å². The number of rotatable bonds is 2. The summed E-state index contributed by atoms with van der Waals surface area (Å²) in [6, 6.07) is 0. The smallest absolute Gasteiger partial charge is 0.145 e. The maximum atomic E-state index is 10.4. The summed E-state index contributed by atoms with van der Waals surface area (Å²) in [6.45, 7) is 4.21. The predicted molar refractivity (Wildman–Crippen MR) is 50.9 cm³/mol. The fourth-order valence-electron chi connectivity index (χ4n) is 1.86. The van der Waals surface area contributed by atoms with Gasteiger partial charge < -0.3 is 0 Å². The van der Waals surface area contributed by atoms with Gasteiger partial charge in [-0.1, -0.05) is 25.8 Å². The van der Waals surface area contributed by atoms with Gasteiger partial charge in [-0.25, -0.2) is 0 Å². The molecule has 68 valence electrons. The molecule has 0 atom stereocenters. The van der Waals surface area contributed by atoms with Crippen molar-refractivity contribution in [2.45, 2.75) is 39.5 Å². The molecule has 1 nitrogen and oxygen atoms in total. The average Bonchev–Trinajstić information content (AvgIpc) is 2.09. The van der Waals surface area contributed by atoms with Crippen LogP contribution in [0, 0.1) is 11.8 Å². The summed E-state index contributed by atoms with van der Waals surface area (Å²) in [5.41, 5.74) is 0.898. The average molecular weight is 166 g/mol. The molecule has 0 N–H and O–H groups in total. The maximum absolute atomic E-state index is 10.4. The number of hydrogen-bond acceptors (Lipinski definition) is 1. The van der Waals surface area contributed by atoms with Gasteiger partial charge in [-0.05, 0) is 37.2 Å². The molecule has 0 radical (unpaired) electrons. The van der Waals surface area contributed by atoms with Gasteiger partial charge in [0.1, 0.15) is 6.29 Å². The Kier molecular flexibility index (Phi) is 3.51. The third kappa shape index (κ3) is 2.80. The van der Waals surface area contributed by atoms with Gasteiger partial charge in [0.15, 0.2) is 0 Å². The van der Waals surface area contributed by atoms with Gasteiger partial charge >= 0.3 is 0 Å². The van der Waals surface area contributed by atoms with Crippen LogP contribution in [0.25, 0.3) is 0 Å². The highest BCUT2D eigenvalue weighted by Gasteiger charge is 2.15. The molecule has 1 rings (SSSR count). The Morgan fingerprint density at radius 3 is 2.33 bits per heavy atom. The van der Waals surface area contributed by atoms with Crippen LogP contribution >= 0.6 is 0 Å². The van der Waals surface area contributed by atoms with Crippen molar-refractivity contribution in [3.05, 3.63) is 11.6 Å². The monoisotopic (exact) mass is 166 g/mol. The zero-order chi connectivity index (χ0) is 8.97. The minimum absolute atomic E-state index is 0.673. The van der Waals surface area contributed by atoms with E-state index in [2.05, 4.69) is 13.0 Å². The predicted octanol–water partition coefficient (Wildman–Crippen LogP) is 2.96. The molecule has 1 saturated carbocycles. The molecule has 1 fully saturated rings. The van der Waals surface area contributed by atoms with Gasteiger partial charge in [0, 0.05) is 0 Å². The van der Waals surface area contributed by atoms with E-state index in [1.807, 2.05) is 6.92 Å². The minimum atomic E-state index is 0.673. The molecule has 12 heavy (non-hydrogen) atoms. The van der Waals surface area contributed by atoms with E-state index < -0.39 is 0 Å². The van der Waals surface area contributed by atoms with Crippen LogP contribution in [0.5, 0.6) is 0 Å². The molecule has 0 unspecified atom stereocenters. The Morgan fingerprint density at radius 1 is 1.25 bits per heavy atom. The second kappa shape index (κ2) is 4.44. The number of aldehydes is 1. The van der Waals surface area contributed by atoms with Crippen LogP contribution < -0.4 is 0 Å². The fraction of sp³-hybridized carbons (Fsp3) is 0.727. The lowest BCUT2D eigenvalue weighted by atomic mass is 9.82. The molecular weight excluding hydrogens is 148 g/mol. The molecule has 0 aromatic rings. The summed E-state index contributed by atoms with van der Waals surface area (Å²) in [5, 5.41) is 0. The van der Waals surface area contributed by atoms with Crippen LogP contribution in [0.4, 0.5) is 0 Å². The molecule has 0 amide bonds. The summed E-state index contributed by atoms with van der Waals surface area (Å²) in [5.74, 6) is 1.57. The highest BCUT2D eigenvalue weighted by atomic mass is 16.1. The van der Waals surface area contributed by atoms with E-state index in [1.165, 1.54) is 25.7 Å². The first-order chi connectivity index (χ1) is 5.72. The molecule has 0 aromatic heterocycles. The SMILES string of the molecule is C/C(C=O)=C/C1CCC(C)CC1. The van der Waals surface area contributed by atoms with Gasteiger partial charge in [0.05, 0.1) is 0 Å². The second-order valence-corrected chi connectivity index (χ2v) is 4.05. The van der Waals surface area contributed by atoms with Crippen molar-refractivity contribution in [2.75, 3.05) is 0 Å². The second-order valence-electron chi connectivity index (χ2n) is 4.05. The van der Waals surface area contributed by atoms with Crippen LogP contribution in [0.3, 0.4) is 0 Å². The zero-order valence-electron chi connectivity index (χ0n) is 8.05. The number of allylic oxidation sites excluding steroid dienone is 2. The summed E-state index contributed by atoms with van der Waals surface area (Å²) < 4.78 is 0. The van der Waals surface area contributed by atoms with Crippen molar-refractivity contribution >= 4 is 6.29 Å². The lowest BCUT2D eigenvalue weighted by Crippen LogP contribution is -2.10. The summed E-state index contributed by atoms with van der Waals surface area (Å²) >= 11 is 0. The van der Waals surface area contributed by atoms with Gasteiger partial charge in [-0.2, -0.15) is 0 Å². The van der Waals surface area contributed by atoms with Gasteiger partial charge in [0.25, 0.3) is 0 Å². The van der Waals surface area contributed by atoms with Crippen molar-refractivity contribution in [1.29, 1.82) is 0 Å². The lowest BCUT2D eigenvalue weighted by Gasteiger charge is -2.23. The molecule has 1 aliphatic rings. The number of carbonyl (C=O) groups excluding carboxylic acids is 1. The van der Waals surface area contributed by atoms with Crippen molar-refractivity contribution in [3.63, 3.8) is 0 Å². The maximum Gasteiger partial charge on any atom is 0.145 e. The molecule has 1 heteroatoms. The van der Waals surface area contributed by atoms with E-state index >= 15 is 0 Å². The van der Waals surface area contributed by atoms with Crippen LogP contribution in [0.1, 0.15) is 39.5 Å². The first-order valence-electron chi connectivity index (χ1n) is 4.86. The van der Waals surface area contributed by atoms with Crippen molar-refractivity contribution in [3.8, 4) is 0 Å². The van der Waals surface area contributed by atoms with Crippen LogP contribution in [0.15, 0.2) is 11.6 Å². The highest BCUT2D eigenvalue weighted by molar-refractivity contribution is 5.72. The Morgan fingerprint density at radius 2 is 1.83 bits per heavy atom. The first-order valence-corrected chi connectivity index (χ1v) is 4.86. The van der Waals surface area contributed by atoms with Crippen LogP contribution in [-0.4, -0.2) is 6.29 Å². The van der Waals surface area contributed by atoms with Gasteiger partial charge in [-0.3, -0.25) is 4.79 Å². The molecule has 0 aromatic carbocycles. The largest absolute Gasteiger partial charge is 0.298 e. The molecule has 0 aliphatic heterocycles. The minimum Gasteiger partial charge on any atom is -0.298 e. The zero-order valence-corrected chi connectivity index (χ0v) is 8.05. The summed E-state index contributed by atoms with van der Waals surface area (Å²) in [7, 11) is 0. The Labute approximate surface area is 74.9 Å². The Hall–Kier alpha value is -0.590. The van der Waals surface area contributed by atoms with E-state index in [4.69, 9.17) is 0 Å². The van der Waals surface area contributed by atoms with Crippen LogP contribution in [0.2, 0.25) is 0 Å².